The Balaban J connectivity index is 0.00000272. The van der Waals surface area contributed by atoms with E-state index in [0.29, 0.717) is 0 Å². The van der Waals surface area contributed by atoms with Crippen LogP contribution >= 0.6 is 24.2 Å². The fourth-order valence-electron chi connectivity index (χ4n) is 4.00. The van der Waals surface area contributed by atoms with Gasteiger partial charge in [0.1, 0.15) is 34.7 Å². The predicted molar refractivity (Wildman–Crippen MR) is 139 cm³/mol. The van der Waals surface area contributed by atoms with Crippen LogP contribution in [0.2, 0.25) is 0 Å². The van der Waals surface area contributed by atoms with Gasteiger partial charge in [-0.25, -0.2) is 0 Å². The van der Waals surface area contributed by atoms with E-state index >= 15 is 0 Å². The zero-order valence-corrected chi connectivity index (χ0v) is 20.4. The maximum Gasteiger partial charge on any atom is 0.122 e. The van der Waals surface area contributed by atoms with Gasteiger partial charge in [-0.1, -0.05) is 54.6 Å². The second kappa shape index (κ2) is 10.6. The number of halogens is 1. The molecule has 0 saturated heterocycles. The molecule has 0 aliphatic rings. The van der Waals surface area contributed by atoms with Gasteiger partial charge in [0, 0.05) is 6.07 Å². The summed E-state index contributed by atoms with van der Waals surface area (Å²) in [5.74, 6) is 1.63. The first kappa shape index (κ1) is 23.1. The molecule has 0 aliphatic heterocycles. The van der Waals surface area contributed by atoms with Crippen molar-refractivity contribution in [1.29, 1.82) is 0 Å². The molecule has 0 radical (unpaired) electrons. The summed E-state index contributed by atoms with van der Waals surface area (Å²) >= 11 is 0. The highest BCUT2D eigenvalue weighted by Gasteiger charge is 2.45. The predicted octanol–water partition coefficient (Wildman–Crippen LogP) is 5.78. The molecule has 0 saturated carbocycles. The lowest BCUT2D eigenvalue weighted by atomic mass is 10.2. The summed E-state index contributed by atoms with van der Waals surface area (Å²) in [5.41, 5.74) is 1.20. The van der Waals surface area contributed by atoms with Gasteiger partial charge in [0.05, 0.1) is 20.4 Å². The number of hydrogen-bond donors (Lipinski definition) is 0. The second-order valence-corrected chi connectivity index (χ2v) is 10.7. The average Bonchev–Trinajstić information content (AvgIpc) is 2.84. The maximum atomic E-state index is 5.56. The minimum Gasteiger partial charge on any atom is -0.497 e. The van der Waals surface area contributed by atoms with E-state index in [4.69, 9.17) is 9.47 Å². The summed E-state index contributed by atoms with van der Waals surface area (Å²) in [7, 11) is 1.45. The summed E-state index contributed by atoms with van der Waals surface area (Å²) < 4.78 is 11.1. The van der Waals surface area contributed by atoms with Crippen LogP contribution in [0.15, 0.2) is 109 Å². The van der Waals surface area contributed by atoms with Gasteiger partial charge >= 0.3 is 0 Å². The molecule has 2 nitrogen and oxygen atoms in total. The Morgan fingerprint density at radius 3 is 1.23 bits per heavy atom. The smallest absolute Gasteiger partial charge is 0.122 e. The molecule has 0 atom stereocenters. The molecule has 0 aliphatic carbocycles. The first-order valence-corrected chi connectivity index (χ1v) is 12.0. The van der Waals surface area contributed by atoms with Crippen LogP contribution in [-0.2, 0) is 6.16 Å². The Bertz CT molecular complexity index is 967. The average molecular weight is 494 g/mol. The van der Waals surface area contributed by atoms with Crippen LogP contribution in [0, 0.1) is 0 Å². The zero-order chi connectivity index (χ0) is 20.8. The number of hydrogen-bond acceptors (Lipinski definition) is 2. The molecule has 4 aromatic carbocycles. The highest BCUT2D eigenvalue weighted by molar-refractivity contribution is 8.93. The van der Waals surface area contributed by atoms with Gasteiger partial charge in [-0.2, -0.15) is 0 Å². The van der Waals surface area contributed by atoms with E-state index in [1.54, 1.807) is 14.2 Å². The molecule has 0 bridgehead atoms. The third-order valence-corrected chi connectivity index (χ3v) is 9.80. The van der Waals surface area contributed by atoms with Gasteiger partial charge in [-0.05, 0) is 54.1 Å². The maximum absolute atomic E-state index is 5.56. The van der Waals surface area contributed by atoms with Crippen LogP contribution in [0.3, 0.4) is 0 Å². The van der Waals surface area contributed by atoms with Crippen LogP contribution in [0.5, 0.6) is 11.5 Å². The molecule has 0 fully saturated rings. The highest BCUT2D eigenvalue weighted by atomic mass is 79.9. The van der Waals surface area contributed by atoms with Crippen molar-refractivity contribution in [1.82, 2.24) is 0 Å². The largest absolute Gasteiger partial charge is 0.497 e. The Morgan fingerprint density at radius 1 is 0.548 bits per heavy atom. The van der Waals surface area contributed by atoms with E-state index in [-0.39, 0.29) is 17.0 Å². The lowest BCUT2D eigenvalue weighted by Gasteiger charge is -2.28. The summed E-state index contributed by atoms with van der Waals surface area (Å²) in [6.07, 6.45) is 0.887. The Labute approximate surface area is 196 Å². The molecule has 0 spiro atoms. The Hall–Kier alpha value is -2.61. The van der Waals surface area contributed by atoms with E-state index in [9.17, 15) is 0 Å². The second-order valence-electron chi connectivity index (χ2n) is 7.20. The van der Waals surface area contributed by atoms with Gasteiger partial charge < -0.3 is 9.47 Å². The lowest BCUT2D eigenvalue weighted by molar-refractivity contribution is 0.393. The van der Waals surface area contributed by atoms with Crippen LogP contribution in [0.25, 0.3) is 0 Å². The van der Waals surface area contributed by atoms with Crippen molar-refractivity contribution in [2.24, 2.45) is 0 Å². The number of ether oxygens (including phenoxy) is 2. The number of benzene rings is 4. The standard InChI is InChI=1S/C27H26O2P.BrH/c1-28-23-18-22(19-24(20-23)29-2)21-30(25-12-6-3-7-13-25,26-14-8-4-9-15-26)27-16-10-5-11-17-27;/h3-20H,21H2,1-2H3;1H/q+1;. The fourth-order valence-corrected chi connectivity index (χ4v) is 8.22. The van der Waals surface area contributed by atoms with E-state index in [1.165, 1.54) is 21.5 Å². The normalized spacial score (nSPS) is 10.8. The van der Waals surface area contributed by atoms with E-state index in [2.05, 4.69) is 103 Å². The van der Waals surface area contributed by atoms with Crippen molar-refractivity contribution in [2.45, 2.75) is 6.16 Å². The molecule has 0 unspecified atom stereocenters. The summed E-state index contributed by atoms with van der Waals surface area (Å²) in [4.78, 5) is 0. The SMILES string of the molecule is Br.COc1cc(C[P+](c2ccccc2)(c2ccccc2)c2ccccc2)cc(OC)c1. The number of methoxy groups -OCH3 is 2. The Kier molecular flexibility index (Phi) is 7.90. The van der Waals surface area contributed by atoms with Crippen LogP contribution in [0.4, 0.5) is 0 Å². The molecule has 4 aromatic rings. The fraction of sp³-hybridized carbons (Fsp3) is 0.111. The topological polar surface area (TPSA) is 18.5 Å². The van der Waals surface area contributed by atoms with E-state index in [0.717, 1.165) is 17.7 Å². The zero-order valence-electron chi connectivity index (χ0n) is 17.8. The molecule has 0 aromatic heterocycles. The molecule has 0 N–H and O–H groups in total. The van der Waals surface area contributed by atoms with Gasteiger partial charge in [0.15, 0.2) is 0 Å². The summed E-state index contributed by atoms with van der Waals surface area (Å²) in [5, 5.41) is 4.09. The van der Waals surface area contributed by atoms with Crippen molar-refractivity contribution in [3.05, 3.63) is 115 Å². The van der Waals surface area contributed by atoms with Gasteiger partial charge in [0.25, 0.3) is 0 Å². The van der Waals surface area contributed by atoms with Gasteiger partial charge in [-0.3, -0.25) is 0 Å². The Morgan fingerprint density at radius 2 is 0.903 bits per heavy atom. The summed E-state index contributed by atoms with van der Waals surface area (Å²) in [6, 6.07) is 38.9. The minimum atomic E-state index is -1.95. The van der Waals surface area contributed by atoms with Crippen molar-refractivity contribution < 1.29 is 9.47 Å². The quantitative estimate of drug-likeness (QED) is 0.304. The third kappa shape index (κ3) is 4.84. The minimum absolute atomic E-state index is 0. The van der Waals surface area contributed by atoms with Crippen LogP contribution in [-0.4, -0.2) is 14.2 Å². The van der Waals surface area contributed by atoms with Crippen molar-refractivity contribution in [3.63, 3.8) is 0 Å². The molecule has 4 rings (SSSR count). The number of rotatable bonds is 7. The highest BCUT2D eigenvalue weighted by Crippen LogP contribution is 2.58. The van der Waals surface area contributed by atoms with Crippen molar-refractivity contribution in [3.8, 4) is 11.5 Å². The lowest BCUT2D eigenvalue weighted by Crippen LogP contribution is -2.32. The van der Waals surface area contributed by atoms with Gasteiger partial charge in [-0.15, -0.1) is 17.0 Å². The van der Waals surface area contributed by atoms with Gasteiger partial charge in [0.2, 0.25) is 0 Å². The molecule has 158 valence electrons. The third-order valence-electron chi connectivity index (χ3n) is 5.42. The molecule has 0 heterocycles. The van der Waals surface area contributed by atoms with Crippen molar-refractivity contribution in [2.75, 3.05) is 14.2 Å². The van der Waals surface area contributed by atoms with E-state index in [1.807, 2.05) is 6.07 Å². The van der Waals surface area contributed by atoms with Crippen LogP contribution in [0.1, 0.15) is 5.56 Å². The first-order valence-electron chi connectivity index (χ1n) is 10.0. The molecule has 4 heteroatoms. The first-order chi connectivity index (χ1) is 14.8. The van der Waals surface area contributed by atoms with Crippen LogP contribution < -0.4 is 25.4 Å². The molecule has 0 amide bonds. The molecular weight excluding hydrogens is 467 g/mol. The molecular formula is C27H27BrO2P+. The van der Waals surface area contributed by atoms with E-state index < -0.39 is 7.26 Å². The molecule has 31 heavy (non-hydrogen) atoms. The van der Waals surface area contributed by atoms with Crippen molar-refractivity contribution >= 4 is 40.2 Å². The summed E-state index contributed by atoms with van der Waals surface area (Å²) in [6.45, 7) is 0. The monoisotopic (exact) mass is 493 g/mol.